The second kappa shape index (κ2) is 4.94. The Morgan fingerprint density at radius 1 is 1.36 bits per heavy atom. The summed E-state index contributed by atoms with van der Waals surface area (Å²) in [7, 11) is 0. The van der Waals surface area contributed by atoms with Gasteiger partial charge in [-0.1, -0.05) is 19.1 Å². The standard InChI is InChI=1S/C12H22N2/c1-2-8-13-11-7-9-14(10-11)12-5-3-4-6-12/h3-4,11-13H,2,5-10H2,1H3. The van der Waals surface area contributed by atoms with Gasteiger partial charge in [0.1, 0.15) is 0 Å². The van der Waals surface area contributed by atoms with E-state index in [1.54, 1.807) is 0 Å². The average Bonchev–Trinajstić information content (AvgIpc) is 2.85. The number of likely N-dealkylation sites (tertiary alicyclic amines) is 1. The molecule has 1 aliphatic carbocycles. The summed E-state index contributed by atoms with van der Waals surface area (Å²) in [5.74, 6) is 0. The molecule has 0 aromatic carbocycles. The third kappa shape index (κ3) is 2.37. The highest BCUT2D eigenvalue weighted by Gasteiger charge is 2.27. The van der Waals surface area contributed by atoms with Crippen LogP contribution in [0.15, 0.2) is 12.2 Å². The molecular weight excluding hydrogens is 172 g/mol. The van der Waals surface area contributed by atoms with E-state index in [1.165, 1.54) is 45.3 Å². The molecule has 2 rings (SSSR count). The molecule has 1 atom stereocenters. The lowest BCUT2D eigenvalue weighted by Gasteiger charge is -2.23. The Kier molecular flexibility index (Phi) is 3.60. The van der Waals surface area contributed by atoms with E-state index in [2.05, 4.69) is 29.3 Å². The average molecular weight is 194 g/mol. The molecule has 14 heavy (non-hydrogen) atoms. The van der Waals surface area contributed by atoms with Crippen molar-refractivity contribution in [2.24, 2.45) is 0 Å². The zero-order valence-electron chi connectivity index (χ0n) is 9.21. The molecule has 1 saturated heterocycles. The molecule has 1 fully saturated rings. The number of nitrogens with zero attached hydrogens (tertiary/aromatic N) is 1. The largest absolute Gasteiger partial charge is 0.313 e. The Hall–Kier alpha value is -0.340. The Morgan fingerprint density at radius 2 is 2.14 bits per heavy atom. The van der Waals surface area contributed by atoms with Crippen LogP contribution >= 0.6 is 0 Å². The van der Waals surface area contributed by atoms with Crippen molar-refractivity contribution in [1.29, 1.82) is 0 Å². The summed E-state index contributed by atoms with van der Waals surface area (Å²) >= 11 is 0. The molecule has 0 radical (unpaired) electrons. The van der Waals surface area contributed by atoms with Crippen molar-refractivity contribution in [2.45, 2.75) is 44.7 Å². The molecule has 0 bridgehead atoms. The smallest absolute Gasteiger partial charge is 0.0207 e. The second-order valence-corrected chi connectivity index (χ2v) is 4.53. The molecule has 0 aromatic heterocycles. The normalized spacial score (nSPS) is 29.1. The van der Waals surface area contributed by atoms with Gasteiger partial charge in [-0.25, -0.2) is 0 Å². The topological polar surface area (TPSA) is 15.3 Å². The quantitative estimate of drug-likeness (QED) is 0.686. The van der Waals surface area contributed by atoms with Crippen LogP contribution in [0.25, 0.3) is 0 Å². The molecule has 0 amide bonds. The Morgan fingerprint density at radius 3 is 2.86 bits per heavy atom. The van der Waals surface area contributed by atoms with Crippen molar-refractivity contribution in [2.75, 3.05) is 19.6 Å². The van der Waals surface area contributed by atoms with Crippen LogP contribution in [0.3, 0.4) is 0 Å². The minimum absolute atomic E-state index is 0.760. The first-order chi connectivity index (χ1) is 6.90. The van der Waals surface area contributed by atoms with E-state index in [4.69, 9.17) is 0 Å². The SMILES string of the molecule is CCCNC1CCN(C2CC=CC2)C1. The van der Waals surface area contributed by atoms with Gasteiger partial charge in [0.25, 0.3) is 0 Å². The lowest BCUT2D eigenvalue weighted by atomic mass is 10.2. The van der Waals surface area contributed by atoms with E-state index < -0.39 is 0 Å². The van der Waals surface area contributed by atoms with Gasteiger partial charge in [-0.05, 0) is 32.2 Å². The van der Waals surface area contributed by atoms with E-state index in [1.807, 2.05) is 0 Å². The van der Waals surface area contributed by atoms with Crippen LogP contribution in [0, 0.1) is 0 Å². The minimum Gasteiger partial charge on any atom is -0.313 e. The number of rotatable bonds is 4. The third-order valence-electron chi connectivity index (χ3n) is 3.40. The Balaban J connectivity index is 1.71. The van der Waals surface area contributed by atoms with Gasteiger partial charge in [0.15, 0.2) is 0 Å². The highest BCUT2D eigenvalue weighted by Crippen LogP contribution is 2.21. The number of hydrogen-bond acceptors (Lipinski definition) is 2. The summed E-state index contributed by atoms with van der Waals surface area (Å²) in [5.41, 5.74) is 0. The molecule has 0 saturated carbocycles. The molecular formula is C12H22N2. The van der Waals surface area contributed by atoms with Crippen LogP contribution < -0.4 is 5.32 Å². The van der Waals surface area contributed by atoms with Gasteiger partial charge >= 0.3 is 0 Å². The molecule has 2 aliphatic rings. The van der Waals surface area contributed by atoms with Crippen molar-refractivity contribution >= 4 is 0 Å². The highest BCUT2D eigenvalue weighted by molar-refractivity contribution is 5.00. The van der Waals surface area contributed by atoms with E-state index in [0.717, 1.165) is 12.1 Å². The van der Waals surface area contributed by atoms with Gasteiger partial charge < -0.3 is 5.32 Å². The van der Waals surface area contributed by atoms with E-state index in [-0.39, 0.29) is 0 Å². The maximum absolute atomic E-state index is 3.62. The fourth-order valence-electron chi connectivity index (χ4n) is 2.54. The van der Waals surface area contributed by atoms with Gasteiger partial charge in [-0.15, -0.1) is 0 Å². The van der Waals surface area contributed by atoms with Crippen LogP contribution in [0.1, 0.15) is 32.6 Å². The van der Waals surface area contributed by atoms with Crippen molar-refractivity contribution in [3.8, 4) is 0 Å². The van der Waals surface area contributed by atoms with Gasteiger partial charge in [0.2, 0.25) is 0 Å². The highest BCUT2D eigenvalue weighted by atomic mass is 15.2. The molecule has 2 nitrogen and oxygen atoms in total. The van der Waals surface area contributed by atoms with Gasteiger partial charge in [-0.2, -0.15) is 0 Å². The third-order valence-corrected chi connectivity index (χ3v) is 3.40. The first kappa shape index (κ1) is 10.2. The fraction of sp³-hybridized carbons (Fsp3) is 0.833. The predicted octanol–water partition coefficient (Wildman–Crippen LogP) is 1.78. The van der Waals surface area contributed by atoms with Crippen molar-refractivity contribution < 1.29 is 0 Å². The summed E-state index contributed by atoms with van der Waals surface area (Å²) in [6.07, 6.45) is 9.81. The summed E-state index contributed by atoms with van der Waals surface area (Å²) in [6.45, 7) is 5.99. The van der Waals surface area contributed by atoms with Gasteiger partial charge in [-0.3, -0.25) is 4.90 Å². The van der Waals surface area contributed by atoms with Crippen LogP contribution in [-0.2, 0) is 0 Å². The first-order valence-corrected chi connectivity index (χ1v) is 6.02. The van der Waals surface area contributed by atoms with Crippen molar-refractivity contribution in [1.82, 2.24) is 10.2 Å². The lowest BCUT2D eigenvalue weighted by molar-refractivity contribution is 0.246. The molecule has 0 spiro atoms. The molecule has 80 valence electrons. The summed E-state index contributed by atoms with van der Waals surface area (Å²) in [4.78, 5) is 2.66. The predicted molar refractivity (Wildman–Crippen MR) is 60.4 cm³/mol. The number of nitrogens with one attached hydrogen (secondary N) is 1. The summed E-state index contributed by atoms with van der Waals surface area (Å²) < 4.78 is 0. The van der Waals surface area contributed by atoms with E-state index in [9.17, 15) is 0 Å². The zero-order chi connectivity index (χ0) is 9.80. The van der Waals surface area contributed by atoms with Gasteiger partial charge in [0.05, 0.1) is 0 Å². The summed E-state index contributed by atoms with van der Waals surface area (Å²) in [6, 6.07) is 1.58. The van der Waals surface area contributed by atoms with Crippen LogP contribution in [-0.4, -0.2) is 36.6 Å². The van der Waals surface area contributed by atoms with E-state index in [0.29, 0.717) is 0 Å². The maximum atomic E-state index is 3.62. The maximum Gasteiger partial charge on any atom is 0.0207 e. The molecule has 0 aromatic rings. The molecule has 1 N–H and O–H groups in total. The van der Waals surface area contributed by atoms with Crippen molar-refractivity contribution in [3.63, 3.8) is 0 Å². The monoisotopic (exact) mass is 194 g/mol. The van der Waals surface area contributed by atoms with Gasteiger partial charge in [0, 0.05) is 25.2 Å². The summed E-state index contributed by atoms with van der Waals surface area (Å²) in [5, 5.41) is 3.62. The molecule has 1 aliphatic heterocycles. The molecule has 1 unspecified atom stereocenters. The second-order valence-electron chi connectivity index (χ2n) is 4.53. The lowest BCUT2D eigenvalue weighted by Crippen LogP contribution is -2.36. The van der Waals surface area contributed by atoms with Crippen LogP contribution in [0.2, 0.25) is 0 Å². The Bertz CT molecular complexity index is 192. The van der Waals surface area contributed by atoms with E-state index >= 15 is 0 Å². The van der Waals surface area contributed by atoms with Crippen molar-refractivity contribution in [3.05, 3.63) is 12.2 Å². The number of hydrogen-bond donors (Lipinski definition) is 1. The Labute approximate surface area is 87.4 Å². The minimum atomic E-state index is 0.760. The zero-order valence-corrected chi connectivity index (χ0v) is 9.21. The molecule has 2 heteroatoms. The first-order valence-electron chi connectivity index (χ1n) is 6.02. The molecule has 1 heterocycles. The fourth-order valence-corrected chi connectivity index (χ4v) is 2.54. The van der Waals surface area contributed by atoms with Crippen LogP contribution in [0.4, 0.5) is 0 Å². The van der Waals surface area contributed by atoms with Crippen LogP contribution in [0.5, 0.6) is 0 Å².